The van der Waals surface area contributed by atoms with Crippen molar-refractivity contribution in [2.75, 3.05) is 18.5 Å². The molecule has 0 saturated carbocycles. The maximum Gasteiger partial charge on any atom is 0.150 e. The minimum absolute atomic E-state index is 0.657. The summed E-state index contributed by atoms with van der Waals surface area (Å²) in [4.78, 5) is 9.19. The number of hydrogen-bond acceptors (Lipinski definition) is 4. The van der Waals surface area contributed by atoms with Gasteiger partial charge in [-0.15, -0.1) is 0 Å². The van der Waals surface area contributed by atoms with Gasteiger partial charge in [0.1, 0.15) is 17.9 Å². The second-order valence-electron chi connectivity index (χ2n) is 6.91. The number of ether oxygens (including phenoxy) is 1. The summed E-state index contributed by atoms with van der Waals surface area (Å²) in [5, 5.41) is 4.55. The van der Waals surface area contributed by atoms with Crippen LogP contribution in [0.15, 0.2) is 67.1 Å². The van der Waals surface area contributed by atoms with Crippen molar-refractivity contribution in [1.29, 1.82) is 0 Å². The second kappa shape index (κ2) is 8.78. The molecule has 4 rings (SSSR count). The van der Waals surface area contributed by atoms with Gasteiger partial charge in [-0.2, -0.15) is 0 Å². The van der Waals surface area contributed by atoms with Crippen molar-refractivity contribution in [2.24, 2.45) is 0 Å². The Hall–Kier alpha value is -3.34. The highest BCUT2D eigenvalue weighted by Gasteiger charge is 2.17. The van der Waals surface area contributed by atoms with Gasteiger partial charge in [0.15, 0.2) is 5.65 Å². The number of benzene rings is 2. The third-order valence-corrected chi connectivity index (χ3v) is 4.92. The van der Waals surface area contributed by atoms with Gasteiger partial charge in [0.25, 0.3) is 0 Å². The average molecular weight is 386 g/mol. The molecule has 4 aromatic rings. The van der Waals surface area contributed by atoms with Crippen LogP contribution in [0.3, 0.4) is 0 Å². The number of nitrogens with zero attached hydrogens (tertiary/aromatic N) is 3. The molecule has 0 fully saturated rings. The molecule has 2 heterocycles. The van der Waals surface area contributed by atoms with Gasteiger partial charge in [-0.1, -0.05) is 43.7 Å². The average Bonchev–Trinajstić information content (AvgIpc) is 3.16. The molecule has 1 N–H and O–H groups in total. The molecule has 0 saturated heterocycles. The van der Waals surface area contributed by atoms with E-state index in [1.165, 1.54) is 0 Å². The molecule has 0 aliphatic carbocycles. The lowest BCUT2D eigenvalue weighted by Gasteiger charge is -2.09. The SMILES string of the molecule is CCCCNc1ncnc2c1c(-c1ccccc1)cn2-c1ccc(OCC)cc1. The van der Waals surface area contributed by atoms with Crippen molar-refractivity contribution in [3.05, 3.63) is 67.1 Å². The first-order valence-electron chi connectivity index (χ1n) is 10.2. The lowest BCUT2D eigenvalue weighted by atomic mass is 10.1. The molecule has 148 valence electrons. The highest BCUT2D eigenvalue weighted by atomic mass is 16.5. The molecule has 5 heteroatoms. The summed E-state index contributed by atoms with van der Waals surface area (Å²) in [7, 11) is 0. The Morgan fingerprint density at radius 3 is 2.48 bits per heavy atom. The molecule has 2 aromatic carbocycles. The van der Waals surface area contributed by atoms with E-state index < -0.39 is 0 Å². The van der Waals surface area contributed by atoms with Crippen molar-refractivity contribution >= 4 is 16.9 Å². The van der Waals surface area contributed by atoms with Gasteiger partial charge < -0.3 is 14.6 Å². The molecule has 0 atom stereocenters. The lowest BCUT2D eigenvalue weighted by Crippen LogP contribution is -2.04. The fourth-order valence-corrected chi connectivity index (χ4v) is 3.48. The molecule has 2 aromatic heterocycles. The molecule has 29 heavy (non-hydrogen) atoms. The lowest BCUT2D eigenvalue weighted by molar-refractivity contribution is 0.340. The molecule has 0 amide bonds. The van der Waals surface area contributed by atoms with E-state index in [0.29, 0.717) is 6.61 Å². The van der Waals surface area contributed by atoms with Gasteiger partial charge in [-0.05, 0) is 43.2 Å². The van der Waals surface area contributed by atoms with E-state index in [9.17, 15) is 0 Å². The van der Waals surface area contributed by atoms with Gasteiger partial charge in [0.2, 0.25) is 0 Å². The van der Waals surface area contributed by atoms with Crippen molar-refractivity contribution in [2.45, 2.75) is 26.7 Å². The Balaban J connectivity index is 1.86. The van der Waals surface area contributed by atoms with E-state index in [0.717, 1.165) is 58.8 Å². The highest BCUT2D eigenvalue weighted by Crippen LogP contribution is 2.35. The Morgan fingerprint density at radius 1 is 0.966 bits per heavy atom. The van der Waals surface area contributed by atoms with Crippen LogP contribution in [0.5, 0.6) is 5.75 Å². The van der Waals surface area contributed by atoms with Crippen LogP contribution in [0, 0.1) is 0 Å². The molecule has 0 spiro atoms. The molecule has 0 aliphatic heterocycles. The summed E-state index contributed by atoms with van der Waals surface area (Å²) in [6.45, 7) is 5.73. The van der Waals surface area contributed by atoms with Gasteiger partial charge in [0.05, 0.1) is 12.0 Å². The van der Waals surface area contributed by atoms with Crippen molar-refractivity contribution in [1.82, 2.24) is 14.5 Å². The van der Waals surface area contributed by atoms with Gasteiger partial charge in [0, 0.05) is 24.0 Å². The highest BCUT2D eigenvalue weighted by molar-refractivity contribution is 6.02. The molecule has 0 unspecified atom stereocenters. The monoisotopic (exact) mass is 386 g/mol. The summed E-state index contributed by atoms with van der Waals surface area (Å²) in [5.74, 6) is 1.75. The van der Waals surface area contributed by atoms with E-state index in [1.807, 2.05) is 25.1 Å². The zero-order valence-corrected chi connectivity index (χ0v) is 16.9. The molecular formula is C24H26N4O. The van der Waals surface area contributed by atoms with Crippen LogP contribution in [-0.4, -0.2) is 27.7 Å². The first kappa shape index (κ1) is 19.0. The van der Waals surface area contributed by atoms with E-state index in [-0.39, 0.29) is 0 Å². The van der Waals surface area contributed by atoms with Crippen molar-refractivity contribution in [3.8, 4) is 22.6 Å². The normalized spacial score (nSPS) is 11.0. The van der Waals surface area contributed by atoms with Gasteiger partial charge in [-0.25, -0.2) is 9.97 Å². The Labute approximate surface area is 171 Å². The number of fused-ring (bicyclic) bond motifs is 1. The van der Waals surface area contributed by atoms with Crippen LogP contribution < -0.4 is 10.1 Å². The smallest absolute Gasteiger partial charge is 0.150 e. The number of nitrogens with one attached hydrogen (secondary N) is 1. The number of unbranched alkanes of at least 4 members (excludes halogenated alkanes) is 1. The molecule has 0 bridgehead atoms. The summed E-state index contributed by atoms with van der Waals surface area (Å²) >= 11 is 0. The van der Waals surface area contributed by atoms with Gasteiger partial charge >= 0.3 is 0 Å². The first-order valence-corrected chi connectivity index (χ1v) is 10.2. The third kappa shape index (κ3) is 3.94. The summed E-state index contributed by atoms with van der Waals surface area (Å²) in [6.07, 6.45) is 6.03. The van der Waals surface area contributed by atoms with Crippen molar-refractivity contribution in [3.63, 3.8) is 0 Å². The van der Waals surface area contributed by atoms with Crippen molar-refractivity contribution < 1.29 is 4.74 Å². The number of rotatable bonds is 8. The molecular weight excluding hydrogens is 360 g/mol. The predicted octanol–water partition coefficient (Wildman–Crippen LogP) is 5.70. The largest absolute Gasteiger partial charge is 0.494 e. The maximum absolute atomic E-state index is 5.59. The fraction of sp³-hybridized carbons (Fsp3) is 0.250. The Bertz CT molecular complexity index is 1070. The van der Waals surface area contributed by atoms with Crippen LogP contribution in [-0.2, 0) is 0 Å². The molecule has 0 radical (unpaired) electrons. The predicted molar refractivity (Wildman–Crippen MR) is 119 cm³/mol. The topological polar surface area (TPSA) is 52.0 Å². The Kier molecular flexibility index (Phi) is 5.75. The van der Waals surface area contributed by atoms with Crippen LogP contribution >= 0.6 is 0 Å². The van der Waals surface area contributed by atoms with Crippen LogP contribution in [0.1, 0.15) is 26.7 Å². The second-order valence-corrected chi connectivity index (χ2v) is 6.91. The van der Waals surface area contributed by atoms with Crippen LogP contribution in [0.4, 0.5) is 5.82 Å². The third-order valence-electron chi connectivity index (χ3n) is 4.92. The Morgan fingerprint density at radius 2 is 1.76 bits per heavy atom. The maximum atomic E-state index is 5.59. The van der Waals surface area contributed by atoms with E-state index >= 15 is 0 Å². The zero-order valence-electron chi connectivity index (χ0n) is 16.9. The van der Waals surface area contributed by atoms with Crippen LogP contribution in [0.2, 0.25) is 0 Å². The van der Waals surface area contributed by atoms with Gasteiger partial charge in [-0.3, -0.25) is 0 Å². The summed E-state index contributed by atoms with van der Waals surface area (Å²) < 4.78 is 7.71. The number of anilines is 1. The molecule has 0 aliphatic rings. The fourth-order valence-electron chi connectivity index (χ4n) is 3.48. The summed E-state index contributed by atoms with van der Waals surface area (Å²) in [5.41, 5.74) is 4.20. The minimum atomic E-state index is 0.657. The molecule has 5 nitrogen and oxygen atoms in total. The quantitative estimate of drug-likeness (QED) is 0.395. The minimum Gasteiger partial charge on any atom is -0.494 e. The first-order chi connectivity index (χ1) is 14.3. The van der Waals surface area contributed by atoms with E-state index in [2.05, 4.69) is 69.4 Å². The van der Waals surface area contributed by atoms with E-state index in [4.69, 9.17) is 4.74 Å². The van der Waals surface area contributed by atoms with Crippen LogP contribution in [0.25, 0.3) is 27.8 Å². The zero-order chi connectivity index (χ0) is 20.1. The standard InChI is InChI=1S/C24H26N4O/c1-3-5-15-25-23-22-21(18-9-7-6-8-10-18)16-28(24(22)27-17-26-23)19-11-13-20(14-12-19)29-4-2/h6-14,16-17H,3-5,15H2,1-2H3,(H,25,26,27). The number of aromatic nitrogens is 3. The summed E-state index contributed by atoms with van der Waals surface area (Å²) in [6, 6.07) is 18.5. The number of hydrogen-bond donors (Lipinski definition) is 1. The van der Waals surface area contributed by atoms with E-state index in [1.54, 1.807) is 6.33 Å².